The highest BCUT2D eigenvalue weighted by Gasteiger charge is 2.26. The first-order valence-electron chi connectivity index (χ1n) is 8.72. The molecular formula is C17H27ClN2O6S. The first-order valence-corrected chi connectivity index (χ1v) is 10.2. The first kappa shape index (κ1) is 23.6. The third kappa shape index (κ3) is 6.93. The van der Waals surface area contributed by atoms with Gasteiger partial charge in [-0.2, -0.15) is 4.31 Å². The van der Waals surface area contributed by atoms with E-state index in [1.807, 2.05) is 6.92 Å². The number of halogens is 1. The minimum absolute atomic E-state index is 0. The topological polar surface area (TPSA) is 105 Å². The van der Waals surface area contributed by atoms with E-state index in [0.717, 1.165) is 6.42 Å². The molecule has 1 fully saturated rings. The van der Waals surface area contributed by atoms with Crippen LogP contribution in [0.2, 0.25) is 0 Å². The number of carboxylic acids is 1. The van der Waals surface area contributed by atoms with Gasteiger partial charge in [-0.1, -0.05) is 13.3 Å². The fraction of sp³-hybridized carbons (Fsp3) is 0.588. The maximum absolute atomic E-state index is 12.5. The number of carbonyl (C=O) groups is 1. The van der Waals surface area contributed by atoms with Gasteiger partial charge in [-0.05, 0) is 30.7 Å². The smallest absolute Gasteiger partial charge is 0.320 e. The van der Waals surface area contributed by atoms with Gasteiger partial charge in [0.2, 0.25) is 10.0 Å². The van der Waals surface area contributed by atoms with Gasteiger partial charge in [0.05, 0.1) is 18.1 Å². The monoisotopic (exact) mass is 422 g/mol. The van der Waals surface area contributed by atoms with E-state index in [4.69, 9.17) is 14.6 Å². The number of rotatable bonds is 10. The van der Waals surface area contributed by atoms with Gasteiger partial charge in [-0.3, -0.25) is 4.79 Å². The Morgan fingerprint density at radius 3 is 2.48 bits per heavy atom. The van der Waals surface area contributed by atoms with Crippen LogP contribution in [0.15, 0.2) is 29.2 Å². The third-order valence-electron chi connectivity index (χ3n) is 4.07. The summed E-state index contributed by atoms with van der Waals surface area (Å²) in [6.45, 7) is 4.14. The first-order chi connectivity index (χ1) is 12.4. The standard InChI is InChI=1S/C17H26N2O6S.ClH/c1-2-3-16(17(20)21)18-8-11-25-14-4-6-15(7-5-14)26(22,23)19-9-12-24-13-10-19;/h4-7,16,18H,2-3,8-13H2,1H3,(H,20,21);1H. The molecule has 0 amide bonds. The second-order valence-corrected chi connectivity index (χ2v) is 7.91. The highest BCUT2D eigenvalue weighted by atomic mass is 35.5. The van der Waals surface area contributed by atoms with E-state index in [2.05, 4.69) is 5.32 Å². The number of carboxylic acid groups (broad SMARTS) is 1. The molecule has 0 aliphatic carbocycles. The van der Waals surface area contributed by atoms with Gasteiger partial charge in [0.1, 0.15) is 18.4 Å². The molecule has 0 aromatic heterocycles. The van der Waals surface area contributed by atoms with Crippen molar-refractivity contribution in [2.45, 2.75) is 30.7 Å². The quantitative estimate of drug-likeness (QED) is 0.548. The largest absolute Gasteiger partial charge is 0.492 e. The van der Waals surface area contributed by atoms with Crippen molar-refractivity contribution in [2.24, 2.45) is 0 Å². The summed E-state index contributed by atoms with van der Waals surface area (Å²) in [4.78, 5) is 11.3. The Morgan fingerprint density at radius 2 is 1.93 bits per heavy atom. The molecular weight excluding hydrogens is 396 g/mol. The summed E-state index contributed by atoms with van der Waals surface area (Å²) in [5, 5.41) is 12.0. The minimum Gasteiger partial charge on any atom is -0.492 e. The van der Waals surface area contributed by atoms with E-state index < -0.39 is 22.0 Å². The Kier molecular flexibility index (Phi) is 10.0. The van der Waals surface area contributed by atoms with Crippen LogP contribution in [0.25, 0.3) is 0 Å². The van der Waals surface area contributed by atoms with Crippen molar-refractivity contribution >= 4 is 28.4 Å². The molecule has 1 unspecified atom stereocenters. The number of benzene rings is 1. The highest BCUT2D eigenvalue weighted by molar-refractivity contribution is 7.89. The second-order valence-electron chi connectivity index (χ2n) is 5.97. The van der Waals surface area contributed by atoms with Gasteiger partial charge in [0.15, 0.2) is 0 Å². The summed E-state index contributed by atoms with van der Waals surface area (Å²) >= 11 is 0. The zero-order valence-corrected chi connectivity index (χ0v) is 16.9. The van der Waals surface area contributed by atoms with Crippen molar-refractivity contribution in [3.05, 3.63) is 24.3 Å². The fourth-order valence-electron chi connectivity index (χ4n) is 2.65. The number of hydrogen-bond acceptors (Lipinski definition) is 6. The lowest BCUT2D eigenvalue weighted by Gasteiger charge is -2.26. The van der Waals surface area contributed by atoms with Crippen LogP contribution in [0.3, 0.4) is 0 Å². The Morgan fingerprint density at radius 1 is 1.30 bits per heavy atom. The van der Waals surface area contributed by atoms with E-state index in [1.54, 1.807) is 12.1 Å². The predicted molar refractivity (Wildman–Crippen MR) is 103 cm³/mol. The molecule has 0 radical (unpaired) electrons. The lowest BCUT2D eigenvalue weighted by molar-refractivity contribution is -0.139. The van der Waals surface area contributed by atoms with Crippen LogP contribution in [-0.2, 0) is 19.6 Å². The number of nitrogens with zero attached hydrogens (tertiary/aromatic N) is 1. The average Bonchev–Trinajstić information content (AvgIpc) is 2.65. The van der Waals surface area contributed by atoms with Crippen molar-refractivity contribution in [1.29, 1.82) is 0 Å². The average molecular weight is 423 g/mol. The summed E-state index contributed by atoms with van der Waals surface area (Å²) in [7, 11) is -3.51. The van der Waals surface area contributed by atoms with E-state index in [-0.39, 0.29) is 17.3 Å². The summed E-state index contributed by atoms with van der Waals surface area (Å²) < 4.78 is 37.2. The number of morpholine rings is 1. The van der Waals surface area contributed by atoms with E-state index in [1.165, 1.54) is 16.4 Å². The van der Waals surface area contributed by atoms with Crippen molar-refractivity contribution in [3.8, 4) is 5.75 Å². The van der Waals surface area contributed by atoms with Crippen molar-refractivity contribution in [3.63, 3.8) is 0 Å². The van der Waals surface area contributed by atoms with Gasteiger partial charge in [0, 0.05) is 19.6 Å². The zero-order chi connectivity index (χ0) is 19.0. The molecule has 27 heavy (non-hydrogen) atoms. The number of aliphatic carboxylic acids is 1. The SMILES string of the molecule is CCCC(NCCOc1ccc(S(=O)(=O)N2CCOCC2)cc1)C(=O)O.Cl. The highest BCUT2D eigenvalue weighted by Crippen LogP contribution is 2.20. The molecule has 1 atom stereocenters. The van der Waals surface area contributed by atoms with E-state index in [0.29, 0.717) is 51.6 Å². The molecule has 1 heterocycles. The van der Waals surface area contributed by atoms with Gasteiger partial charge in [-0.25, -0.2) is 8.42 Å². The van der Waals surface area contributed by atoms with Gasteiger partial charge in [0.25, 0.3) is 0 Å². The Bertz CT molecular complexity index is 677. The van der Waals surface area contributed by atoms with Crippen LogP contribution in [-0.4, -0.2) is 69.3 Å². The minimum atomic E-state index is -3.51. The summed E-state index contributed by atoms with van der Waals surface area (Å²) in [5.74, 6) is -0.334. The Labute approximate surface area is 166 Å². The van der Waals surface area contributed by atoms with Gasteiger partial charge >= 0.3 is 5.97 Å². The van der Waals surface area contributed by atoms with Crippen molar-refractivity contribution < 1.29 is 27.8 Å². The molecule has 0 saturated carbocycles. The number of sulfonamides is 1. The van der Waals surface area contributed by atoms with Crippen LogP contribution in [0, 0.1) is 0 Å². The summed E-state index contributed by atoms with van der Waals surface area (Å²) in [5.41, 5.74) is 0. The molecule has 1 aliphatic rings. The zero-order valence-electron chi connectivity index (χ0n) is 15.3. The molecule has 2 N–H and O–H groups in total. The van der Waals surface area contributed by atoms with Crippen LogP contribution in [0.1, 0.15) is 19.8 Å². The molecule has 10 heteroatoms. The van der Waals surface area contributed by atoms with Crippen molar-refractivity contribution in [2.75, 3.05) is 39.5 Å². The molecule has 1 aromatic rings. The Hall–Kier alpha value is -1.39. The summed E-state index contributed by atoms with van der Waals surface area (Å²) in [6.07, 6.45) is 1.34. The normalized spacial score (nSPS) is 16.3. The van der Waals surface area contributed by atoms with Crippen LogP contribution in [0.5, 0.6) is 5.75 Å². The van der Waals surface area contributed by atoms with Crippen LogP contribution in [0.4, 0.5) is 0 Å². The van der Waals surface area contributed by atoms with Gasteiger partial charge in [-0.15, -0.1) is 12.4 Å². The Balaban J connectivity index is 0.00000364. The van der Waals surface area contributed by atoms with Crippen LogP contribution < -0.4 is 10.1 Å². The number of ether oxygens (including phenoxy) is 2. The molecule has 2 rings (SSSR count). The number of hydrogen-bond donors (Lipinski definition) is 2. The van der Waals surface area contributed by atoms with E-state index >= 15 is 0 Å². The summed E-state index contributed by atoms with van der Waals surface area (Å²) in [6, 6.07) is 5.67. The molecule has 8 nitrogen and oxygen atoms in total. The molecule has 1 aliphatic heterocycles. The fourth-order valence-corrected chi connectivity index (χ4v) is 4.06. The van der Waals surface area contributed by atoms with Crippen LogP contribution >= 0.6 is 12.4 Å². The van der Waals surface area contributed by atoms with Crippen molar-refractivity contribution in [1.82, 2.24) is 9.62 Å². The molecule has 1 saturated heterocycles. The molecule has 0 spiro atoms. The second kappa shape index (κ2) is 11.5. The van der Waals surface area contributed by atoms with Gasteiger partial charge < -0.3 is 19.9 Å². The molecule has 154 valence electrons. The van der Waals surface area contributed by atoms with E-state index in [9.17, 15) is 13.2 Å². The lowest BCUT2D eigenvalue weighted by Crippen LogP contribution is -2.40. The maximum atomic E-state index is 12.5. The third-order valence-corrected chi connectivity index (χ3v) is 5.98. The predicted octanol–water partition coefficient (Wildman–Crippen LogP) is 1.35. The maximum Gasteiger partial charge on any atom is 0.320 e. The molecule has 0 bridgehead atoms. The molecule has 1 aromatic carbocycles. The number of nitrogens with one attached hydrogen (secondary N) is 1. The lowest BCUT2D eigenvalue weighted by atomic mass is 10.2.